The lowest BCUT2D eigenvalue weighted by Crippen LogP contribution is -1.90. The number of nitriles is 1. The van der Waals surface area contributed by atoms with Crippen molar-refractivity contribution < 1.29 is 4.42 Å². The van der Waals surface area contributed by atoms with Crippen molar-refractivity contribution >= 4 is 33.7 Å². The van der Waals surface area contributed by atoms with Gasteiger partial charge in [-0.3, -0.25) is 5.32 Å². The maximum Gasteiger partial charge on any atom is 0.218 e. The van der Waals surface area contributed by atoms with E-state index in [0.29, 0.717) is 22.3 Å². The number of thiophene rings is 1. The number of nitrogens with zero attached hydrogens (tertiary/aromatic N) is 3. The third-order valence-corrected chi connectivity index (χ3v) is 6.37. The van der Waals surface area contributed by atoms with Crippen molar-refractivity contribution in [3.05, 3.63) is 83.7 Å². The van der Waals surface area contributed by atoms with E-state index >= 15 is 0 Å². The van der Waals surface area contributed by atoms with E-state index in [2.05, 4.69) is 21.6 Å². The topological polar surface area (TPSA) is 74.7 Å². The predicted octanol–water partition coefficient (Wildman–Crippen LogP) is 6.81. The van der Waals surface area contributed by atoms with E-state index in [1.807, 2.05) is 78.2 Å². The number of benzene rings is 2. The minimum absolute atomic E-state index is 0.365. The van der Waals surface area contributed by atoms with Crippen LogP contribution in [0.1, 0.15) is 5.56 Å². The molecule has 3 aromatic heterocycles. The predicted molar refractivity (Wildman–Crippen MR) is 121 cm³/mol. The second-order valence-electron chi connectivity index (χ2n) is 6.37. The normalized spacial score (nSPS) is 10.6. The first-order valence-corrected chi connectivity index (χ1v) is 10.9. The van der Waals surface area contributed by atoms with E-state index < -0.39 is 0 Å². The molecule has 0 aliphatic carbocycles. The highest BCUT2D eigenvalue weighted by molar-refractivity contribution is 7.22. The Balaban J connectivity index is 1.61. The Morgan fingerprint density at radius 1 is 0.867 bits per heavy atom. The quantitative estimate of drug-likeness (QED) is 0.334. The third-order valence-electron chi connectivity index (χ3n) is 4.50. The molecule has 0 saturated carbocycles. The molecule has 0 saturated heterocycles. The lowest BCUT2D eigenvalue weighted by atomic mass is 9.98. The molecule has 1 N–H and O–H groups in total. The zero-order valence-electron chi connectivity index (χ0n) is 15.6. The zero-order chi connectivity index (χ0) is 20.3. The van der Waals surface area contributed by atoms with Crippen LogP contribution >= 0.6 is 22.7 Å². The first-order valence-electron chi connectivity index (χ1n) is 9.15. The maximum absolute atomic E-state index is 9.97. The van der Waals surface area contributed by atoms with Gasteiger partial charge in [0.25, 0.3) is 0 Å². The third kappa shape index (κ3) is 3.39. The molecule has 0 fully saturated rings. The molecular formula is C23H14N4OS2. The summed E-state index contributed by atoms with van der Waals surface area (Å²) in [5.41, 5.74) is 3.02. The molecule has 3 heterocycles. The molecule has 0 aliphatic rings. The number of hydrogen-bond acceptors (Lipinski definition) is 7. The van der Waals surface area contributed by atoms with Gasteiger partial charge in [0.15, 0.2) is 5.01 Å². The molecule has 5 aromatic rings. The number of hydrogen-bond donors (Lipinski definition) is 1. The highest BCUT2D eigenvalue weighted by Gasteiger charge is 2.24. The van der Waals surface area contributed by atoms with Crippen molar-refractivity contribution in [2.45, 2.75) is 0 Å². The molecule has 0 radical (unpaired) electrons. The highest BCUT2D eigenvalue weighted by Crippen LogP contribution is 2.42. The molecule has 144 valence electrons. The summed E-state index contributed by atoms with van der Waals surface area (Å²) in [5.74, 6) is 1.01. The van der Waals surface area contributed by atoms with Crippen molar-refractivity contribution in [2.75, 3.05) is 5.32 Å². The maximum atomic E-state index is 9.97. The van der Waals surface area contributed by atoms with E-state index in [-0.39, 0.29) is 0 Å². The van der Waals surface area contributed by atoms with Crippen LogP contribution in [-0.4, -0.2) is 10.2 Å². The Morgan fingerprint density at radius 3 is 2.27 bits per heavy atom. The molecule has 0 atom stereocenters. The van der Waals surface area contributed by atoms with E-state index in [1.165, 1.54) is 11.3 Å². The van der Waals surface area contributed by atoms with Gasteiger partial charge in [0.05, 0.1) is 4.88 Å². The van der Waals surface area contributed by atoms with Gasteiger partial charge in [0.2, 0.25) is 11.0 Å². The average Bonchev–Trinajstić information content (AvgIpc) is 3.55. The van der Waals surface area contributed by atoms with Crippen LogP contribution in [0.2, 0.25) is 0 Å². The van der Waals surface area contributed by atoms with Gasteiger partial charge in [0, 0.05) is 11.1 Å². The van der Waals surface area contributed by atoms with Crippen molar-refractivity contribution in [3.8, 4) is 38.4 Å². The van der Waals surface area contributed by atoms with E-state index in [4.69, 9.17) is 4.42 Å². The summed E-state index contributed by atoms with van der Waals surface area (Å²) in [4.78, 5) is 1.05. The standard InChI is InChI=1S/C23H14N4OS2/c24-14-17-19(15-8-3-1-4-9-15)20(16-10-5-2-6-11-16)28-21(17)25-23-27-26-22(30-23)18-12-7-13-29-18/h1-13H,(H,25,27). The van der Waals surface area contributed by atoms with Gasteiger partial charge in [-0.1, -0.05) is 78.1 Å². The van der Waals surface area contributed by atoms with Crippen LogP contribution in [0.15, 0.2) is 82.6 Å². The summed E-state index contributed by atoms with van der Waals surface area (Å²) in [6, 6.07) is 25.9. The fourth-order valence-corrected chi connectivity index (χ4v) is 4.70. The van der Waals surface area contributed by atoms with Crippen LogP contribution < -0.4 is 5.32 Å². The van der Waals surface area contributed by atoms with Gasteiger partial charge in [-0.25, -0.2) is 0 Å². The van der Waals surface area contributed by atoms with Gasteiger partial charge in [-0.05, 0) is 17.0 Å². The second kappa shape index (κ2) is 7.95. The van der Waals surface area contributed by atoms with Gasteiger partial charge >= 0.3 is 0 Å². The molecule has 0 spiro atoms. The van der Waals surface area contributed by atoms with Crippen molar-refractivity contribution in [1.29, 1.82) is 5.26 Å². The Labute approximate surface area is 180 Å². The van der Waals surface area contributed by atoms with Crippen LogP contribution in [0.5, 0.6) is 0 Å². The molecule has 2 aromatic carbocycles. The fraction of sp³-hybridized carbons (Fsp3) is 0. The SMILES string of the molecule is N#Cc1c(Nc2nnc(-c3cccs3)s2)oc(-c2ccccc2)c1-c1ccccc1. The summed E-state index contributed by atoms with van der Waals surface area (Å²) in [6.45, 7) is 0. The molecule has 0 aliphatic heterocycles. The van der Waals surface area contributed by atoms with E-state index in [9.17, 15) is 5.26 Å². The number of furan rings is 1. The molecule has 5 rings (SSSR count). The Morgan fingerprint density at radius 2 is 1.60 bits per heavy atom. The number of anilines is 2. The van der Waals surface area contributed by atoms with Gasteiger partial charge in [-0.2, -0.15) is 5.26 Å². The van der Waals surface area contributed by atoms with E-state index in [0.717, 1.165) is 26.6 Å². The number of rotatable bonds is 5. The monoisotopic (exact) mass is 426 g/mol. The summed E-state index contributed by atoms with van der Waals surface area (Å²) in [7, 11) is 0. The molecular weight excluding hydrogens is 412 g/mol. The van der Waals surface area contributed by atoms with Gasteiger partial charge in [-0.15, -0.1) is 21.5 Å². The summed E-state index contributed by atoms with van der Waals surface area (Å²) < 4.78 is 6.19. The molecule has 0 amide bonds. The lowest BCUT2D eigenvalue weighted by Gasteiger charge is -2.03. The van der Waals surface area contributed by atoms with Crippen molar-refractivity contribution in [2.24, 2.45) is 0 Å². The largest absolute Gasteiger partial charge is 0.438 e. The van der Waals surface area contributed by atoms with Crippen molar-refractivity contribution in [1.82, 2.24) is 10.2 Å². The zero-order valence-corrected chi connectivity index (χ0v) is 17.2. The smallest absolute Gasteiger partial charge is 0.218 e. The van der Waals surface area contributed by atoms with Crippen LogP contribution in [0.25, 0.3) is 32.3 Å². The lowest BCUT2D eigenvalue weighted by molar-refractivity contribution is 0.600. The molecule has 7 heteroatoms. The molecule has 0 unspecified atom stereocenters. The minimum atomic E-state index is 0.365. The fourth-order valence-electron chi connectivity index (χ4n) is 3.17. The first kappa shape index (κ1) is 18.3. The molecule has 0 bridgehead atoms. The molecule has 5 nitrogen and oxygen atoms in total. The summed E-state index contributed by atoms with van der Waals surface area (Å²) >= 11 is 3.03. The van der Waals surface area contributed by atoms with E-state index in [1.54, 1.807) is 11.3 Å². The van der Waals surface area contributed by atoms with Crippen LogP contribution in [-0.2, 0) is 0 Å². The molecule has 30 heavy (non-hydrogen) atoms. The van der Waals surface area contributed by atoms with Gasteiger partial charge in [0.1, 0.15) is 17.4 Å². The summed E-state index contributed by atoms with van der Waals surface area (Å²) in [6.07, 6.45) is 0. The highest BCUT2D eigenvalue weighted by atomic mass is 32.1. The van der Waals surface area contributed by atoms with Crippen LogP contribution in [0, 0.1) is 11.3 Å². The Kier molecular flexibility index (Phi) is 4.85. The second-order valence-corrected chi connectivity index (χ2v) is 8.29. The van der Waals surface area contributed by atoms with Crippen LogP contribution in [0.4, 0.5) is 11.0 Å². The number of aromatic nitrogens is 2. The van der Waals surface area contributed by atoms with Gasteiger partial charge < -0.3 is 4.42 Å². The number of nitrogens with one attached hydrogen (secondary N) is 1. The minimum Gasteiger partial charge on any atom is -0.438 e. The van der Waals surface area contributed by atoms with Crippen molar-refractivity contribution in [3.63, 3.8) is 0 Å². The Bertz CT molecular complexity index is 1320. The van der Waals surface area contributed by atoms with Crippen LogP contribution in [0.3, 0.4) is 0 Å². The summed E-state index contributed by atoms with van der Waals surface area (Å²) in [5, 5.41) is 25.0. The Hall–Kier alpha value is -3.73. The average molecular weight is 427 g/mol. The first-order chi connectivity index (χ1) is 14.8.